The molecular weight excluding hydrogens is 688 g/mol. The van der Waals surface area contributed by atoms with Gasteiger partial charge in [-0.3, -0.25) is 29.4 Å². The van der Waals surface area contributed by atoms with E-state index in [0.717, 1.165) is 35.5 Å². The van der Waals surface area contributed by atoms with Crippen molar-refractivity contribution in [3.8, 4) is 17.2 Å². The molecule has 2 aliphatic rings. The van der Waals surface area contributed by atoms with Crippen molar-refractivity contribution in [2.75, 3.05) is 39.6 Å². The van der Waals surface area contributed by atoms with Crippen LogP contribution < -0.4 is 14.8 Å². The number of ether oxygens (including phenoxy) is 4. The first-order chi connectivity index (χ1) is 26.4. The number of amides is 4. The number of carbonyl (C=O) groups is 4. The molecule has 280 valence electrons. The summed E-state index contributed by atoms with van der Waals surface area (Å²) in [4.78, 5) is 50.5. The fraction of sp³-hybridized carbons (Fsp3) is 0.302. The highest BCUT2D eigenvalue weighted by Gasteiger charge is 2.44. The minimum Gasteiger partial charge on any atom is -0.508 e. The van der Waals surface area contributed by atoms with E-state index >= 15 is 0 Å². The minimum absolute atomic E-state index is 0.0700. The second kappa shape index (κ2) is 18.8. The molecule has 1 atom stereocenters. The van der Waals surface area contributed by atoms with Gasteiger partial charge in [0.05, 0.1) is 24.3 Å². The monoisotopic (exact) mass is 732 g/mol. The molecule has 0 radical (unpaired) electrons. The highest BCUT2D eigenvalue weighted by molar-refractivity contribution is 6.23. The zero-order chi connectivity index (χ0) is 37.7. The number of carbonyl (C=O) groups excluding carboxylic acids is 4. The third-order valence-corrected chi connectivity index (χ3v) is 9.17. The van der Waals surface area contributed by atoms with Crippen molar-refractivity contribution >= 4 is 35.3 Å². The minimum atomic E-state index is -1.00. The maximum atomic E-state index is 13.0. The fourth-order valence-corrected chi connectivity index (χ4v) is 6.33. The molecule has 1 saturated heterocycles. The predicted molar refractivity (Wildman–Crippen MR) is 202 cm³/mol. The summed E-state index contributed by atoms with van der Waals surface area (Å²) < 4.78 is 23.0. The number of hydrogen-bond donors (Lipinski definition) is 2. The molecule has 11 heteroatoms. The van der Waals surface area contributed by atoms with Crippen LogP contribution in [0.3, 0.4) is 0 Å². The van der Waals surface area contributed by atoms with Crippen LogP contribution in [0.2, 0.25) is 0 Å². The van der Waals surface area contributed by atoms with Crippen LogP contribution in [0.4, 0.5) is 0 Å². The number of nitrogens with one attached hydrogen (secondary N) is 1. The summed E-state index contributed by atoms with van der Waals surface area (Å²) in [5.74, 6) is -0.675. The van der Waals surface area contributed by atoms with Gasteiger partial charge in [0, 0.05) is 32.7 Å². The third-order valence-electron chi connectivity index (χ3n) is 9.17. The highest BCUT2D eigenvalue weighted by atomic mass is 16.5. The maximum Gasteiger partial charge on any atom is 0.262 e. The number of rotatable bonds is 19. The van der Waals surface area contributed by atoms with Crippen LogP contribution in [0.25, 0.3) is 11.6 Å². The molecule has 1 unspecified atom stereocenters. The Hall–Kier alpha value is -5.78. The number of benzene rings is 4. The number of phenols is 1. The van der Waals surface area contributed by atoms with E-state index in [-0.39, 0.29) is 29.7 Å². The Bertz CT molecular complexity index is 1940. The van der Waals surface area contributed by atoms with Crippen molar-refractivity contribution in [2.45, 2.75) is 44.6 Å². The zero-order valence-corrected chi connectivity index (χ0v) is 30.0. The van der Waals surface area contributed by atoms with Crippen LogP contribution in [0.15, 0.2) is 97.1 Å². The van der Waals surface area contributed by atoms with E-state index < -0.39 is 29.7 Å². The number of hydrogen-bond acceptors (Lipinski definition) is 9. The summed E-state index contributed by atoms with van der Waals surface area (Å²) in [6, 6.07) is 29.4. The van der Waals surface area contributed by atoms with Gasteiger partial charge in [-0.2, -0.15) is 0 Å². The van der Waals surface area contributed by atoms with E-state index in [4.69, 9.17) is 18.9 Å². The van der Waals surface area contributed by atoms with Crippen LogP contribution in [-0.4, -0.2) is 79.3 Å². The third kappa shape index (κ3) is 10.2. The molecule has 11 nitrogen and oxygen atoms in total. The van der Waals surface area contributed by atoms with Gasteiger partial charge >= 0.3 is 0 Å². The van der Waals surface area contributed by atoms with Crippen molar-refractivity contribution in [3.63, 3.8) is 0 Å². The van der Waals surface area contributed by atoms with E-state index in [1.165, 1.54) is 28.8 Å². The Morgan fingerprint density at radius 2 is 1.39 bits per heavy atom. The molecule has 2 heterocycles. The van der Waals surface area contributed by atoms with Crippen LogP contribution in [0.1, 0.15) is 69.5 Å². The van der Waals surface area contributed by atoms with Gasteiger partial charge in [0.2, 0.25) is 11.8 Å². The van der Waals surface area contributed by atoms with Crippen molar-refractivity contribution in [1.82, 2.24) is 10.2 Å². The molecule has 0 aromatic heterocycles. The summed E-state index contributed by atoms with van der Waals surface area (Å²) in [6.07, 6.45) is 5.49. The van der Waals surface area contributed by atoms with Crippen molar-refractivity contribution in [2.24, 2.45) is 0 Å². The van der Waals surface area contributed by atoms with E-state index in [0.29, 0.717) is 51.8 Å². The molecule has 0 spiro atoms. The van der Waals surface area contributed by atoms with Gasteiger partial charge in [-0.15, -0.1) is 0 Å². The van der Waals surface area contributed by atoms with Crippen LogP contribution in [0.5, 0.6) is 17.2 Å². The average molecular weight is 733 g/mol. The number of imide groups is 2. The largest absolute Gasteiger partial charge is 0.508 e. The zero-order valence-electron chi connectivity index (χ0n) is 30.0. The molecule has 0 saturated carbocycles. The molecule has 54 heavy (non-hydrogen) atoms. The second-order valence-electron chi connectivity index (χ2n) is 13.1. The van der Waals surface area contributed by atoms with Gasteiger partial charge in [0.15, 0.2) is 0 Å². The maximum absolute atomic E-state index is 13.0. The van der Waals surface area contributed by atoms with Crippen LogP contribution in [0, 0.1) is 0 Å². The number of allylic oxidation sites excluding steroid dienone is 1. The SMILES string of the molecule is O=C1CCC(N2C(=O)c3ccc(OCCCOCCCOCCOc4ccc(/C=C(/CCc5ccc(O)cc5)c5ccccc5)cc4)cc3C2=O)C(=O)N1. The van der Waals surface area contributed by atoms with Gasteiger partial charge in [0.25, 0.3) is 11.8 Å². The highest BCUT2D eigenvalue weighted by Crippen LogP contribution is 2.30. The van der Waals surface area contributed by atoms with Crippen molar-refractivity contribution < 1.29 is 43.2 Å². The first-order valence-corrected chi connectivity index (χ1v) is 18.3. The van der Waals surface area contributed by atoms with Gasteiger partial charge in [-0.25, -0.2) is 0 Å². The Labute approximate surface area is 314 Å². The van der Waals surface area contributed by atoms with E-state index in [2.05, 4.69) is 35.7 Å². The standard InChI is InChI=1S/C43H44N2O9/c46-34-14-9-30(10-15-34)8-13-33(32-6-2-1-3-7-32)28-31-11-16-35(17-12-31)54-27-26-52-23-4-22-51-24-5-25-53-36-18-19-37-38(29-36)43(50)45(42(37)49)39-20-21-40(47)44-41(39)48/h1-3,6-7,9-12,14-19,28-29,39,46H,4-5,8,13,20-27H2,(H,44,47,48)/b33-28-. The molecule has 6 rings (SSSR count). The molecule has 1 fully saturated rings. The van der Waals surface area contributed by atoms with Crippen molar-refractivity contribution in [3.05, 3.63) is 125 Å². The number of piperidine rings is 1. The lowest BCUT2D eigenvalue weighted by Gasteiger charge is -2.27. The van der Waals surface area contributed by atoms with Gasteiger partial charge in [-0.1, -0.05) is 60.7 Å². The summed E-state index contributed by atoms with van der Waals surface area (Å²) in [5.41, 5.74) is 5.08. The summed E-state index contributed by atoms with van der Waals surface area (Å²) in [6.45, 7) is 2.84. The number of aromatic hydroxyl groups is 1. The summed E-state index contributed by atoms with van der Waals surface area (Å²) in [5, 5.41) is 11.8. The van der Waals surface area contributed by atoms with Gasteiger partial charge in [0.1, 0.15) is 29.9 Å². The Balaban J connectivity index is 0.829. The normalized spacial score (nSPS) is 15.7. The predicted octanol–water partition coefficient (Wildman–Crippen LogP) is 6.24. The second-order valence-corrected chi connectivity index (χ2v) is 13.1. The lowest BCUT2D eigenvalue weighted by atomic mass is 9.96. The topological polar surface area (TPSA) is 141 Å². The molecule has 2 N–H and O–H groups in total. The van der Waals surface area contributed by atoms with Crippen LogP contribution in [-0.2, 0) is 25.5 Å². The van der Waals surface area contributed by atoms with Gasteiger partial charge in [-0.05, 0) is 90.4 Å². The van der Waals surface area contributed by atoms with Crippen molar-refractivity contribution in [1.29, 1.82) is 0 Å². The number of phenolic OH excluding ortho intramolecular Hbond substituents is 1. The molecule has 0 bridgehead atoms. The Morgan fingerprint density at radius 3 is 2.13 bits per heavy atom. The first kappa shape index (κ1) is 38.0. The van der Waals surface area contributed by atoms with Gasteiger partial charge < -0.3 is 24.1 Å². The quantitative estimate of drug-likeness (QED) is 0.0652. The van der Waals surface area contributed by atoms with Crippen LogP contribution >= 0.6 is 0 Å². The molecular formula is C43H44N2O9. The Morgan fingerprint density at radius 1 is 0.722 bits per heavy atom. The van der Waals surface area contributed by atoms with E-state index in [9.17, 15) is 24.3 Å². The lowest BCUT2D eigenvalue weighted by molar-refractivity contribution is -0.136. The molecule has 4 aromatic rings. The lowest BCUT2D eigenvalue weighted by Crippen LogP contribution is -2.54. The molecule has 2 aliphatic heterocycles. The first-order valence-electron chi connectivity index (χ1n) is 18.3. The number of nitrogens with zero attached hydrogens (tertiary/aromatic N) is 1. The van der Waals surface area contributed by atoms with E-state index in [1.807, 2.05) is 42.5 Å². The smallest absolute Gasteiger partial charge is 0.262 e. The summed E-state index contributed by atoms with van der Waals surface area (Å²) >= 11 is 0. The van der Waals surface area contributed by atoms with E-state index in [1.54, 1.807) is 18.2 Å². The molecule has 4 amide bonds. The number of aryl methyl sites for hydroxylation is 1. The average Bonchev–Trinajstić information content (AvgIpc) is 3.43. The molecule has 0 aliphatic carbocycles. The summed E-state index contributed by atoms with van der Waals surface area (Å²) in [7, 11) is 0. The number of fused-ring (bicyclic) bond motifs is 1. The Kier molecular flexibility index (Phi) is 13.2. The fourth-order valence-electron chi connectivity index (χ4n) is 6.33. The molecule has 4 aromatic carbocycles.